The van der Waals surface area contributed by atoms with Gasteiger partial charge in [-0.25, -0.2) is 0 Å². The molecule has 1 aromatic rings. The summed E-state index contributed by atoms with van der Waals surface area (Å²) in [6.07, 6.45) is 2.75. The molecule has 86 valence electrons. The molecular weight excluding hydrogens is 311 g/mol. The van der Waals surface area contributed by atoms with Crippen LogP contribution in [0.5, 0.6) is 0 Å². The van der Waals surface area contributed by atoms with Gasteiger partial charge in [-0.1, -0.05) is 0 Å². The van der Waals surface area contributed by atoms with E-state index >= 15 is 0 Å². The van der Waals surface area contributed by atoms with E-state index in [2.05, 4.69) is 57.1 Å². The van der Waals surface area contributed by atoms with Gasteiger partial charge in [-0.05, 0) is 78.7 Å². The van der Waals surface area contributed by atoms with Gasteiger partial charge in [-0.15, -0.1) is 0 Å². The van der Waals surface area contributed by atoms with Crippen molar-refractivity contribution in [3.05, 3.63) is 27.8 Å². The second-order valence-corrected chi connectivity index (χ2v) is 6.14. The van der Waals surface area contributed by atoms with Crippen molar-refractivity contribution in [3.8, 4) is 0 Å². The number of benzene rings is 1. The van der Waals surface area contributed by atoms with Crippen molar-refractivity contribution in [3.63, 3.8) is 0 Å². The highest BCUT2D eigenvalue weighted by atomic mass is 127. The Hall–Kier alpha value is -0.290. The molecule has 3 heterocycles. The zero-order valence-electron chi connectivity index (χ0n) is 9.32. The number of fused-ring (bicyclic) bond motifs is 3. The highest BCUT2D eigenvalue weighted by Gasteiger charge is 2.33. The van der Waals surface area contributed by atoms with Crippen LogP contribution in [0.3, 0.4) is 0 Å². The summed E-state index contributed by atoms with van der Waals surface area (Å²) >= 11 is 2.35. The first-order chi connectivity index (χ1) is 7.81. The highest BCUT2D eigenvalue weighted by molar-refractivity contribution is 14.1. The zero-order chi connectivity index (χ0) is 11.0. The van der Waals surface area contributed by atoms with Crippen molar-refractivity contribution < 1.29 is 0 Å². The lowest BCUT2D eigenvalue weighted by atomic mass is 9.84. The van der Waals surface area contributed by atoms with Crippen LogP contribution in [-0.4, -0.2) is 30.6 Å². The topological polar surface area (TPSA) is 15.3 Å². The number of nitrogens with zero attached hydrogens (tertiary/aromatic N) is 1. The molecule has 0 saturated carbocycles. The largest absolute Gasteiger partial charge is 0.381 e. The first kappa shape index (κ1) is 10.8. The maximum absolute atomic E-state index is 3.69. The molecule has 2 nitrogen and oxygen atoms in total. The van der Waals surface area contributed by atoms with Crippen molar-refractivity contribution in [1.29, 1.82) is 0 Å². The molecule has 1 unspecified atom stereocenters. The van der Waals surface area contributed by atoms with E-state index in [0.717, 1.165) is 5.92 Å². The number of halogens is 1. The van der Waals surface area contributed by atoms with E-state index < -0.39 is 0 Å². The van der Waals surface area contributed by atoms with E-state index in [4.69, 9.17) is 0 Å². The van der Waals surface area contributed by atoms with Gasteiger partial charge in [0.15, 0.2) is 0 Å². The normalized spacial score (nSPS) is 32.7. The molecule has 3 heteroatoms. The number of anilines is 1. The van der Waals surface area contributed by atoms with E-state index in [1.807, 2.05) is 0 Å². The predicted octanol–water partition coefficient (Wildman–Crippen LogP) is 2.80. The summed E-state index contributed by atoms with van der Waals surface area (Å²) in [5.74, 6) is 0.893. The summed E-state index contributed by atoms with van der Waals surface area (Å²) in [4.78, 5) is 2.59. The Labute approximate surface area is 111 Å². The molecule has 1 aromatic carbocycles. The molecule has 0 amide bonds. The third-order valence-corrected chi connectivity index (χ3v) is 4.57. The average Bonchev–Trinajstić information content (AvgIpc) is 2.34. The minimum Gasteiger partial charge on any atom is -0.381 e. The molecule has 0 aromatic heterocycles. The van der Waals surface area contributed by atoms with Crippen molar-refractivity contribution in [1.82, 2.24) is 4.90 Å². The number of hydrogen-bond donors (Lipinski definition) is 1. The first-order valence-electron chi connectivity index (χ1n) is 6.06. The average molecular weight is 328 g/mol. The van der Waals surface area contributed by atoms with Gasteiger partial charge in [0.05, 0.1) is 0 Å². The minimum atomic E-state index is 0.669. The molecule has 3 aliphatic heterocycles. The quantitative estimate of drug-likeness (QED) is 0.840. The molecule has 3 fully saturated rings. The molecule has 4 rings (SSSR count). The fraction of sp³-hybridized carbons (Fsp3) is 0.538. The third-order valence-electron chi connectivity index (χ3n) is 3.85. The summed E-state index contributed by atoms with van der Waals surface area (Å²) in [6.45, 7) is 3.86. The van der Waals surface area contributed by atoms with Crippen LogP contribution in [0.4, 0.5) is 5.69 Å². The second kappa shape index (κ2) is 4.53. The first-order valence-corrected chi connectivity index (χ1v) is 7.13. The van der Waals surface area contributed by atoms with Gasteiger partial charge >= 0.3 is 0 Å². The summed E-state index contributed by atoms with van der Waals surface area (Å²) in [5.41, 5.74) is 1.28. The molecule has 0 aliphatic carbocycles. The number of rotatable bonds is 2. The molecule has 0 radical (unpaired) electrons. The Morgan fingerprint density at radius 3 is 2.38 bits per heavy atom. The second-order valence-electron chi connectivity index (χ2n) is 4.90. The molecular formula is C13H17IN2. The van der Waals surface area contributed by atoms with Gasteiger partial charge in [0.25, 0.3) is 0 Å². The Balaban J connectivity index is 1.68. The Morgan fingerprint density at radius 2 is 1.81 bits per heavy atom. The van der Waals surface area contributed by atoms with Crippen LogP contribution in [0.2, 0.25) is 0 Å². The SMILES string of the molecule is Ic1ccc(NC2CN3CCC2CC3)cc1. The fourth-order valence-electron chi connectivity index (χ4n) is 2.89. The molecule has 2 bridgehead atoms. The Bertz CT molecular complexity index is 355. The molecule has 3 aliphatic rings. The Kier molecular flexibility index (Phi) is 3.07. The van der Waals surface area contributed by atoms with Gasteiger partial charge < -0.3 is 10.2 Å². The van der Waals surface area contributed by atoms with Gasteiger partial charge in [0, 0.05) is 21.8 Å². The summed E-state index contributed by atoms with van der Waals surface area (Å²) in [5, 5.41) is 3.69. The number of nitrogens with one attached hydrogen (secondary N) is 1. The third kappa shape index (κ3) is 2.20. The van der Waals surface area contributed by atoms with E-state index in [1.165, 1.54) is 41.7 Å². The minimum absolute atomic E-state index is 0.669. The lowest BCUT2D eigenvalue weighted by molar-refractivity contribution is 0.0975. The smallest absolute Gasteiger partial charge is 0.0417 e. The Morgan fingerprint density at radius 1 is 1.12 bits per heavy atom. The molecule has 1 N–H and O–H groups in total. The van der Waals surface area contributed by atoms with Crippen molar-refractivity contribution in [2.24, 2.45) is 5.92 Å². The standard InChI is InChI=1S/C13H17IN2/c14-11-1-3-12(4-2-11)15-13-9-16-7-5-10(13)6-8-16/h1-4,10,13,15H,5-9H2. The fourth-order valence-corrected chi connectivity index (χ4v) is 3.25. The molecule has 0 spiro atoms. The van der Waals surface area contributed by atoms with Crippen LogP contribution < -0.4 is 5.32 Å². The number of hydrogen-bond acceptors (Lipinski definition) is 2. The maximum atomic E-state index is 3.69. The monoisotopic (exact) mass is 328 g/mol. The van der Waals surface area contributed by atoms with E-state index in [1.54, 1.807) is 0 Å². The van der Waals surface area contributed by atoms with E-state index in [-0.39, 0.29) is 0 Å². The van der Waals surface area contributed by atoms with Gasteiger partial charge in [-0.2, -0.15) is 0 Å². The van der Waals surface area contributed by atoms with Crippen LogP contribution in [0.1, 0.15) is 12.8 Å². The van der Waals surface area contributed by atoms with E-state index in [0.29, 0.717) is 6.04 Å². The van der Waals surface area contributed by atoms with Crippen LogP contribution in [-0.2, 0) is 0 Å². The van der Waals surface area contributed by atoms with Crippen molar-refractivity contribution in [2.75, 3.05) is 25.0 Å². The van der Waals surface area contributed by atoms with Crippen LogP contribution in [0.15, 0.2) is 24.3 Å². The lowest BCUT2D eigenvalue weighted by Crippen LogP contribution is -2.53. The lowest BCUT2D eigenvalue weighted by Gasteiger charge is -2.45. The maximum Gasteiger partial charge on any atom is 0.0417 e. The molecule has 1 atom stereocenters. The highest BCUT2D eigenvalue weighted by Crippen LogP contribution is 2.29. The van der Waals surface area contributed by atoms with Crippen molar-refractivity contribution in [2.45, 2.75) is 18.9 Å². The zero-order valence-corrected chi connectivity index (χ0v) is 11.5. The molecule has 16 heavy (non-hydrogen) atoms. The van der Waals surface area contributed by atoms with Crippen molar-refractivity contribution >= 4 is 28.3 Å². The van der Waals surface area contributed by atoms with Crippen LogP contribution in [0.25, 0.3) is 0 Å². The summed E-state index contributed by atoms with van der Waals surface area (Å²) < 4.78 is 1.30. The number of piperidine rings is 3. The predicted molar refractivity (Wildman–Crippen MR) is 75.7 cm³/mol. The van der Waals surface area contributed by atoms with Crippen LogP contribution in [0, 0.1) is 9.49 Å². The van der Waals surface area contributed by atoms with Crippen LogP contribution >= 0.6 is 22.6 Å². The summed E-state index contributed by atoms with van der Waals surface area (Å²) in [7, 11) is 0. The van der Waals surface area contributed by atoms with Gasteiger partial charge in [-0.3, -0.25) is 0 Å². The molecule has 3 saturated heterocycles. The van der Waals surface area contributed by atoms with E-state index in [9.17, 15) is 0 Å². The van der Waals surface area contributed by atoms with Gasteiger partial charge in [0.1, 0.15) is 0 Å². The van der Waals surface area contributed by atoms with Gasteiger partial charge in [0.2, 0.25) is 0 Å². The summed E-state index contributed by atoms with van der Waals surface area (Å²) in [6, 6.07) is 9.40.